The van der Waals surface area contributed by atoms with Crippen molar-refractivity contribution < 1.29 is 26.7 Å². The molecule has 0 N–H and O–H groups in total. The van der Waals surface area contributed by atoms with E-state index in [-0.39, 0.29) is 11.3 Å². The predicted molar refractivity (Wildman–Crippen MR) is 108 cm³/mol. The lowest BCUT2D eigenvalue weighted by molar-refractivity contribution is -0.274. The van der Waals surface area contributed by atoms with Crippen LogP contribution in [0.1, 0.15) is 30.9 Å². The van der Waals surface area contributed by atoms with Crippen LogP contribution in [0.4, 0.5) is 22.0 Å². The second-order valence-electron chi connectivity index (χ2n) is 7.58. The number of rotatable bonds is 4. The van der Waals surface area contributed by atoms with Crippen LogP contribution < -0.4 is 4.74 Å². The highest BCUT2D eigenvalue weighted by molar-refractivity contribution is 6.02. The highest BCUT2D eigenvalue weighted by Crippen LogP contribution is 2.39. The van der Waals surface area contributed by atoms with E-state index in [9.17, 15) is 22.0 Å². The minimum absolute atomic E-state index is 0.0796. The first-order chi connectivity index (χ1) is 14.6. The minimum Gasteiger partial charge on any atom is -0.406 e. The second-order valence-corrected chi connectivity index (χ2v) is 7.58. The fourth-order valence-corrected chi connectivity index (χ4v) is 3.81. The largest absolute Gasteiger partial charge is 0.573 e. The molecule has 1 atom stereocenters. The Morgan fingerprint density at radius 1 is 0.839 bits per heavy atom. The Labute approximate surface area is 176 Å². The summed E-state index contributed by atoms with van der Waals surface area (Å²) in [6.07, 6.45) is -3.67. The van der Waals surface area contributed by atoms with Gasteiger partial charge in [0.15, 0.2) is 0 Å². The van der Waals surface area contributed by atoms with Crippen molar-refractivity contribution in [1.29, 1.82) is 0 Å². The van der Waals surface area contributed by atoms with Gasteiger partial charge in [-0.1, -0.05) is 42.5 Å². The van der Waals surface area contributed by atoms with E-state index in [0.717, 1.165) is 16.7 Å². The molecule has 0 bridgehead atoms. The van der Waals surface area contributed by atoms with E-state index in [4.69, 9.17) is 0 Å². The van der Waals surface area contributed by atoms with Gasteiger partial charge >= 0.3 is 6.36 Å². The summed E-state index contributed by atoms with van der Waals surface area (Å²) >= 11 is 0. The normalized spacial score (nSPS) is 18.7. The van der Waals surface area contributed by atoms with Crippen LogP contribution in [0.2, 0.25) is 0 Å². The third-order valence-electron chi connectivity index (χ3n) is 5.41. The minimum atomic E-state index is -4.73. The molecular formula is C24H18F5NO. The summed E-state index contributed by atoms with van der Waals surface area (Å²) in [5.41, 5.74) is 2.14. The average Bonchev–Trinajstić information content (AvgIpc) is 3.10. The molecule has 1 aliphatic rings. The molecule has 0 saturated carbocycles. The fourth-order valence-electron chi connectivity index (χ4n) is 3.81. The summed E-state index contributed by atoms with van der Waals surface area (Å²) in [6, 6.07) is 16.8. The number of benzene rings is 3. The highest BCUT2D eigenvalue weighted by atomic mass is 19.4. The fraction of sp³-hybridized carbons (Fsp3) is 0.208. The van der Waals surface area contributed by atoms with Gasteiger partial charge in [-0.25, -0.2) is 8.78 Å². The molecule has 3 aromatic rings. The Morgan fingerprint density at radius 2 is 1.39 bits per heavy atom. The Balaban J connectivity index is 1.56. The lowest BCUT2D eigenvalue weighted by atomic mass is 9.89. The van der Waals surface area contributed by atoms with Crippen LogP contribution in [0, 0.1) is 11.6 Å². The summed E-state index contributed by atoms with van der Waals surface area (Å²) in [7, 11) is 0. The Kier molecular flexibility index (Phi) is 5.29. The molecule has 0 fully saturated rings. The van der Waals surface area contributed by atoms with Gasteiger partial charge < -0.3 is 4.74 Å². The molecule has 2 nitrogen and oxygen atoms in total. The number of ether oxygens (including phenoxy) is 1. The zero-order valence-corrected chi connectivity index (χ0v) is 16.5. The average molecular weight is 431 g/mol. The number of alkyl halides is 3. The van der Waals surface area contributed by atoms with E-state index in [1.807, 2.05) is 31.2 Å². The van der Waals surface area contributed by atoms with Crippen molar-refractivity contribution in [3.05, 3.63) is 89.5 Å². The van der Waals surface area contributed by atoms with Gasteiger partial charge in [-0.2, -0.15) is 0 Å². The van der Waals surface area contributed by atoms with Gasteiger partial charge in [-0.3, -0.25) is 4.99 Å². The third kappa shape index (κ3) is 4.45. The van der Waals surface area contributed by atoms with Gasteiger partial charge in [0.2, 0.25) is 0 Å². The van der Waals surface area contributed by atoms with Gasteiger partial charge in [0.05, 0.1) is 11.1 Å². The first-order valence-corrected chi connectivity index (χ1v) is 9.64. The summed E-state index contributed by atoms with van der Waals surface area (Å²) in [4.78, 5) is 4.64. The molecule has 31 heavy (non-hydrogen) atoms. The highest BCUT2D eigenvalue weighted by Gasteiger charge is 2.34. The van der Waals surface area contributed by atoms with Gasteiger partial charge in [-0.05, 0) is 60.7 Å². The van der Waals surface area contributed by atoms with E-state index in [2.05, 4.69) is 9.73 Å². The van der Waals surface area contributed by atoms with Crippen LogP contribution in [0.25, 0.3) is 11.1 Å². The lowest BCUT2D eigenvalue weighted by Crippen LogP contribution is -2.16. The number of nitrogens with zero attached hydrogens (tertiary/aromatic N) is 1. The Hall–Kier alpha value is -3.22. The molecule has 0 unspecified atom stereocenters. The molecule has 160 valence electrons. The van der Waals surface area contributed by atoms with Crippen LogP contribution in [0.3, 0.4) is 0 Å². The maximum atomic E-state index is 14.1. The summed E-state index contributed by atoms with van der Waals surface area (Å²) in [6.45, 7) is 1.91. The molecule has 4 rings (SSSR count). The Morgan fingerprint density at radius 3 is 1.94 bits per heavy atom. The first kappa shape index (κ1) is 21.0. The Bertz CT molecular complexity index is 1100. The SMILES string of the molecule is C[C@]1(c2ccc(-c3ccc(OC(F)(F)F)cc3)cc2)CCC(c2c(F)cccc2F)=N1. The van der Waals surface area contributed by atoms with Crippen molar-refractivity contribution in [2.75, 3.05) is 0 Å². The van der Waals surface area contributed by atoms with Gasteiger partial charge in [-0.15, -0.1) is 13.2 Å². The molecule has 7 heteroatoms. The number of hydrogen-bond acceptors (Lipinski definition) is 2. The number of halogens is 5. The number of aliphatic imine (C=N–C) groups is 1. The van der Waals surface area contributed by atoms with Crippen LogP contribution in [-0.2, 0) is 5.54 Å². The molecule has 0 aliphatic carbocycles. The second kappa shape index (κ2) is 7.80. The smallest absolute Gasteiger partial charge is 0.406 e. The van der Waals surface area contributed by atoms with Crippen LogP contribution in [0.15, 0.2) is 71.7 Å². The summed E-state index contributed by atoms with van der Waals surface area (Å²) in [5, 5.41) is 0. The van der Waals surface area contributed by atoms with Gasteiger partial charge in [0, 0.05) is 5.71 Å². The maximum absolute atomic E-state index is 14.1. The summed E-state index contributed by atoms with van der Waals surface area (Å²) in [5.74, 6) is -1.54. The van der Waals surface area contributed by atoms with E-state index in [1.54, 1.807) is 12.1 Å². The number of hydrogen-bond donors (Lipinski definition) is 0. The first-order valence-electron chi connectivity index (χ1n) is 9.64. The molecular weight excluding hydrogens is 413 g/mol. The quantitative estimate of drug-likeness (QED) is 0.407. The lowest BCUT2D eigenvalue weighted by Gasteiger charge is -2.21. The topological polar surface area (TPSA) is 21.6 Å². The molecule has 0 aromatic heterocycles. The molecule has 3 aromatic carbocycles. The predicted octanol–water partition coefficient (Wildman–Crippen LogP) is 7.03. The van der Waals surface area contributed by atoms with E-state index in [0.29, 0.717) is 18.6 Å². The third-order valence-corrected chi connectivity index (χ3v) is 5.41. The van der Waals surface area contributed by atoms with Crippen molar-refractivity contribution in [1.82, 2.24) is 0 Å². The van der Waals surface area contributed by atoms with Crippen LogP contribution >= 0.6 is 0 Å². The van der Waals surface area contributed by atoms with E-state index >= 15 is 0 Å². The van der Waals surface area contributed by atoms with Gasteiger partial charge in [0.1, 0.15) is 17.4 Å². The van der Waals surface area contributed by atoms with Crippen molar-refractivity contribution in [2.24, 2.45) is 4.99 Å². The van der Waals surface area contributed by atoms with Gasteiger partial charge in [0.25, 0.3) is 0 Å². The standard InChI is InChI=1S/C24H18F5NO/c1-23(14-13-21(30-23)22-19(25)3-2-4-20(22)26)17-9-5-15(6-10-17)16-7-11-18(12-8-16)31-24(27,28)29/h2-12H,13-14H2,1H3/t23-/m1/s1. The van der Waals surface area contributed by atoms with Crippen LogP contribution in [0.5, 0.6) is 5.75 Å². The molecule has 0 amide bonds. The van der Waals surface area contributed by atoms with E-state index < -0.39 is 23.5 Å². The molecule has 1 heterocycles. The van der Waals surface area contributed by atoms with Crippen molar-refractivity contribution in [2.45, 2.75) is 31.7 Å². The van der Waals surface area contributed by atoms with Crippen molar-refractivity contribution in [3.63, 3.8) is 0 Å². The zero-order chi connectivity index (χ0) is 22.2. The molecule has 1 aliphatic heterocycles. The molecule has 0 saturated heterocycles. The zero-order valence-electron chi connectivity index (χ0n) is 16.5. The maximum Gasteiger partial charge on any atom is 0.573 e. The monoisotopic (exact) mass is 431 g/mol. The summed E-state index contributed by atoms with van der Waals surface area (Å²) < 4.78 is 69.0. The molecule has 0 radical (unpaired) electrons. The van der Waals surface area contributed by atoms with Crippen molar-refractivity contribution in [3.8, 4) is 16.9 Å². The van der Waals surface area contributed by atoms with E-state index in [1.165, 1.54) is 30.3 Å². The molecule has 0 spiro atoms. The van der Waals surface area contributed by atoms with Crippen molar-refractivity contribution >= 4 is 5.71 Å². The van der Waals surface area contributed by atoms with Crippen LogP contribution in [-0.4, -0.2) is 12.1 Å².